The van der Waals surface area contributed by atoms with Crippen molar-refractivity contribution in [1.29, 1.82) is 15.8 Å². The van der Waals surface area contributed by atoms with Gasteiger partial charge in [-0.25, -0.2) is 0 Å². The lowest BCUT2D eigenvalue weighted by molar-refractivity contribution is 0.741. The van der Waals surface area contributed by atoms with Gasteiger partial charge in [-0.15, -0.1) is 0 Å². The van der Waals surface area contributed by atoms with Crippen molar-refractivity contribution < 1.29 is 0 Å². The van der Waals surface area contributed by atoms with Crippen LogP contribution in [0.25, 0.3) is 22.7 Å². The number of nitriles is 3. The number of rotatable bonds is 3. The maximum absolute atomic E-state index is 10.0. The highest BCUT2D eigenvalue weighted by Gasteiger charge is 2.40. The number of hydrogen-bond donors (Lipinski definition) is 0. The van der Waals surface area contributed by atoms with E-state index in [1.54, 1.807) is 0 Å². The zero-order chi connectivity index (χ0) is 29.8. The van der Waals surface area contributed by atoms with Gasteiger partial charge in [0.05, 0.1) is 46.1 Å². The standard InChI is InChI=1S/C39H25N5/c40-22-25-12-16-29(17-13-25)43-36-11-4-2-7-31(36)33-9-5-8-30(39(33)43)27-15-18-32-34-20-26(23-41)14-19-37(34)44(38(32)21-27)35-10-3-1-6-28(35)24-42/h1-20,27,31,36H,21H2. The van der Waals surface area contributed by atoms with Crippen LogP contribution in [0.15, 0.2) is 115 Å². The highest BCUT2D eigenvalue weighted by Crippen LogP contribution is 2.52. The number of nitrogens with zero attached hydrogens (tertiary/aromatic N) is 5. The van der Waals surface area contributed by atoms with Crippen LogP contribution in [0.1, 0.15) is 50.9 Å². The molecule has 5 heteroatoms. The number of benzene rings is 4. The van der Waals surface area contributed by atoms with E-state index in [9.17, 15) is 15.8 Å². The summed E-state index contributed by atoms with van der Waals surface area (Å²) < 4.78 is 2.22. The average molecular weight is 564 g/mol. The summed E-state index contributed by atoms with van der Waals surface area (Å²) in [6.07, 6.45) is 14.0. The lowest BCUT2D eigenvalue weighted by atomic mass is 9.84. The first-order valence-electron chi connectivity index (χ1n) is 14.7. The minimum atomic E-state index is 0.0826. The zero-order valence-corrected chi connectivity index (χ0v) is 23.7. The molecule has 1 aromatic heterocycles. The molecule has 0 amide bonds. The summed E-state index contributed by atoms with van der Waals surface area (Å²) in [6, 6.07) is 35.1. The molecule has 206 valence electrons. The fourth-order valence-corrected chi connectivity index (χ4v) is 7.27. The van der Waals surface area contributed by atoms with Gasteiger partial charge in [0.15, 0.2) is 0 Å². The summed E-state index contributed by atoms with van der Waals surface area (Å²) in [7, 11) is 0. The molecule has 3 unspecified atom stereocenters. The van der Waals surface area contributed by atoms with Crippen LogP contribution in [0.5, 0.6) is 0 Å². The van der Waals surface area contributed by atoms with Gasteiger partial charge in [-0.3, -0.25) is 0 Å². The Balaban J connectivity index is 1.31. The molecule has 3 atom stereocenters. The van der Waals surface area contributed by atoms with Gasteiger partial charge < -0.3 is 9.47 Å². The van der Waals surface area contributed by atoms with Crippen LogP contribution in [0.2, 0.25) is 0 Å². The van der Waals surface area contributed by atoms with Crippen molar-refractivity contribution in [2.24, 2.45) is 0 Å². The molecule has 44 heavy (non-hydrogen) atoms. The third kappa shape index (κ3) is 3.76. The Morgan fingerprint density at radius 2 is 1.48 bits per heavy atom. The molecule has 5 aromatic rings. The molecule has 0 radical (unpaired) electrons. The van der Waals surface area contributed by atoms with Crippen molar-refractivity contribution >= 4 is 28.4 Å². The highest BCUT2D eigenvalue weighted by atomic mass is 15.2. The maximum atomic E-state index is 10.0. The number of hydrogen-bond acceptors (Lipinski definition) is 4. The van der Waals surface area contributed by atoms with Crippen molar-refractivity contribution in [2.75, 3.05) is 4.90 Å². The lowest BCUT2D eigenvalue weighted by Crippen LogP contribution is -2.29. The zero-order valence-electron chi connectivity index (χ0n) is 23.7. The van der Waals surface area contributed by atoms with Crippen molar-refractivity contribution in [3.8, 4) is 23.9 Å². The van der Waals surface area contributed by atoms with Crippen molar-refractivity contribution in [3.63, 3.8) is 0 Å². The Hall–Kier alpha value is -6.09. The van der Waals surface area contributed by atoms with Crippen LogP contribution in [0.3, 0.4) is 0 Å². The first kappa shape index (κ1) is 25.6. The normalized spacial score (nSPS) is 19.1. The predicted octanol–water partition coefficient (Wildman–Crippen LogP) is 8.33. The second-order valence-electron chi connectivity index (χ2n) is 11.4. The van der Waals surface area contributed by atoms with E-state index in [0.717, 1.165) is 40.0 Å². The van der Waals surface area contributed by atoms with Gasteiger partial charge in [0, 0.05) is 39.9 Å². The van der Waals surface area contributed by atoms with E-state index in [4.69, 9.17) is 0 Å². The quantitative estimate of drug-likeness (QED) is 0.221. The van der Waals surface area contributed by atoms with Crippen LogP contribution in [0, 0.1) is 34.0 Å². The second kappa shape index (κ2) is 10.0. The van der Waals surface area contributed by atoms with E-state index in [1.165, 1.54) is 16.8 Å². The van der Waals surface area contributed by atoms with E-state index >= 15 is 0 Å². The molecule has 5 nitrogen and oxygen atoms in total. The van der Waals surface area contributed by atoms with Crippen LogP contribution >= 0.6 is 0 Å². The number of anilines is 2. The molecule has 0 saturated heterocycles. The summed E-state index contributed by atoms with van der Waals surface area (Å²) in [5, 5.41) is 30.1. The minimum Gasteiger partial charge on any atom is -0.333 e. The van der Waals surface area contributed by atoms with Crippen molar-refractivity contribution in [3.05, 3.63) is 154 Å². The third-order valence-electron chi connectivity index (χ3n) is 9.19. The number of para-hydroxylation sites is 2. The minimum absolute atomic E-state index is 0.0826. The van der Waals surface area contributed by atoms with E-state index in [1.807, 2.05) is 66.7 Å². The average Bonchev–Trinajstić information content (AvgIpc) is 3.60. The topological polar surface area (TPSA) is 79.5 Å². The first-order chi connectivity index (χ1) is 21.7. The molecule has 8 rings (SSSR count). The summed E-state index contributed by atoms with van der Waals surface area (Å²) >= 11 is 0. The molecule has 0 bridgehead atoms. The smallest absolute Gasteiger partial charge is 0.101 e. The first-order valence-corrected chi connectivity index (χ1v) is 14.7. The number of allylic oxidation sites excluding steroid dienone is 3. The molecule has 0 spiro atoms. The SMILES string of the molecule is N#Cc1ccc(N2c3c(C4C=Cc5c(n(-c6ccccc6C#N)c6ccc(C#N)cc56)C4)cccc3C3C=CC=CC32)cc1. The fourth-order valence-electron chi connectivity index (χ4n) is 7.27. The molecule has 2 aliphatic carbocycles. The summed E-state index contributed by atoms with van der Waals surface area (Å²) in [4.78, 5) is 2.43. The van der Waals surface area contributed by atoms with E-state index in [0.29, 0.717) is 16.7 Å². The van der Waals surface area contributed by atoms with Gasteiger partial charge in [0.2, 0.25) is 0 Å². The van der Waals surface area contributed by atoms with Crippen molar-refractivity contribution in [1.82, 2.24) is 4.57 Å². The van der Waals surface area contributed by atoms with Gasteiger partial charge in [-0.05, 0) is 72.1 Å². The summed E-state index contributed by atoms with van der Waals surface area (Å²) in [6.45, 7) is 0. The van der Waals surface area contributed by atoms with Gasteiger partial charge in [-0.1, -0.05) is 66.8 Å². The molecular formula is C39H25N5. The van der Waals surface area contributed by atoms with Gasteiger partial charge in [0.25, 0.3) is 0 Å². The monoisotopic (exact) mass is 563 g/mol. The molecule has 0 fully saturated rings. The third-order valence-corrected chi connectivity index (χ3v) is 9.19. The van der Waals surface area contributed by atoms with Gasteiger partial charge in [-0.2, -0.15) is 15.8 Å². The molecule has 3 aliphatic rings. The lowest BCUT2D eigenvalue weighted by Gasteiger charge is -2.31. The maximum Gasteiger partial charge on any atom is 0.101 e. The van der Waals surface area contributed by atoms with Gasteiger partial charge >= 0.3 is 0 Å². The fraction of sp³-hybridized carbons (Fsp3) is 0.103. The number of aromatic nitrogens is 1. The van der Waals surface area contributed by atoms with E-state index < -0.39 is 0 Å². The Kier molecular flexibility index (Phi) is 5.83. The molecule has 4 aromatic carbocycles. The molecule has 0 saturated carbocycles. The summed E-state index contributed by atoms with van der Waals surface area (Å²) in [5.74, 6) is 0.311. The predicted molar refractivity (Wildman–Crippen MR) is 173 cm³/mol. The highest BCUT2D eigenvalue weighted by molar-refractivity contribution is 5.95. The Morgan fingerprint density at radius 1 is 0.705 bits per heavy atom. The van der Waals surface area contributed by atoms with E-state index in [-0.39, 0.29) is 17.9 Å². The molecular weight excluding hydrogens is 538 g/mol. The van der Waals surface area contributed by atoms with Crippen LogP contribution < -0.4 is 4.90 Å². The van der Waals surface area contributed by atoms with Crippen molar-refractivity contribution in [2.45, 2.75) is 24.3 Å². The van der Waals surface area contributed by atoms with Crippen LogP contribution in [0.4, 0.5) is 11.4 Å². The molecule has 0 N–H and O–H groups in total. The Labute approximate surface area is 255 Å². The number of fused-ring (bicyclic) bond motifs is 6. The van der Waals surface area contributed by atoms with Gasteiger partial charge in [0.1, 0.15) is 6.07 Å². The largest absolute Gasteiger partial charge is 0.333 e. The van der Waals surface area contributed by atoms with E-state index in [2.05, 4.69) is 82.3 Å². The molecule has 1 aliphatic heterocycles. The van der Waals surface area contributed by atoms with Crippen LogP contribution in [-0.2, 0) is 6.42 Å². The summed E-state index contributed by atoms with van der Waals surface area (Å²) in [5.41, 5.74) is 10.7. The van der Waals surface area contributed by atoms with Crippen LogP contribution in [-0.4, -0.2) is 10.6 Å². The Morgan fingerprint density at radius 3 is 2.30 bits per heavy atom. The molecule has 2 heterocycles. The Bertz CT molecular complexity index is 2210. The second-order valence-corrected chi connectivity index (χ2v) is 11.4.